The van der Waals surface area contributed by atoms with E-state index >= 15 is 0 Å². The number of hydrogen-bond donors (Lipinski definition) is 2. The quantitative estimate of drug-likeness (QED) is 0.766. The Balaban J connectivity index is 2.08. The van der Waals surface area contributed by atoms with Crippen LogP contribution in [0.1, 0.15) is 11.6 Å². The molecule has 1 aromatic rings. The Kier molecular flexibility index (Phi) is 2.99. The number of aliphatic carboxylic acids is 1. The van der Waals surface area contributed by atoms with Crippen molar-refractivity contribution in [1.29, 1.82) is 0 Å². The molecule has 0 aliphatic carbocycles. The average molecular weight is 207 g/mol. The second-order valence-corrected chi connectivity index (χ2v) is 3.58. The topological polar surface area (TPSA) is 58.6 Å². The molecule has 0 aromatic heterocycles. The van der Waals surface area contributed by atoms with Gasteiger partial charge in [0.25, 0.3) is 0 Å². The first kappa shape index (κ1) is 10.1. The number of nitrogens with one attached hydrogen (secondary N) is 1. The molecule has 1 aromatic carbocycles. The molecule has 1 heterocycles. The number of carboxylic acid groups (broad SMARTS) is 1. The van der Waals surface area contributed by atoms with Crippen molar-refractivity contribution < 1.29 is 14.6 Å². The molecule has 1 atom stereocenters. The Hall–Kier alpha value is -1.39. The molecule has 0 bridgehead atoms. The van der Waals surface area contributed by atoms with Gasteiger partial charge in [0.1, 0.15) is 6.04 Å². The largest absolute Gasteiger partial charge is 0.480 e. The molecule has 2 rings (SSSR count). The number of rotatable bonds is 4. The average Bonchev–Trinajstić information content (AvgIpc) is 2.17. The van der Waals surface area contributed by atoms with Gasteiger partial charge in [0.2, 0.25) is 0 Å². The van der Waals surface area contributed by atoms with Gasteiger partial charge in [-0.1, -0.05) is 30.3 Å². The fourth-order valence-corrected chi connectivity index (χ4v) is 1.52. The van der Waals surface area contributed by atoms with Gasteiger partial charge >= 0.3 is 5.97 Å². The van der Waals surface area contributed by atoms with Gasteiger partial charge in [-0.25, -0.2) is 0 Å². The van der Waals surface area contributed by atoms with Crippen molar-refractivity contribution in [2.45, 2.75) is 12.1 Å². The highest BCUT2D eigenvalue weighted by Gasteiger charge is 2.26. The maximum Gasteiger partial charge on any atom is 0.325 e. The molecule has 4 nitrogen and oxygen atoms in total. The van der Waals surface area contributed by atoms with Crippen LogP contribution < -0.4 is 5.32 Å². The lowest BCUT2D eigenvalue weighted by Gasteiger charge is -2.30. The van der Waals surface area contributed by atoms with Gasteiger partial charge in [0.15, 0.2) is 0 Å². The third kappa shape index (κ3) is 2.34. The molecule has 1 unspecified atom stereocenters. The van der Waals surface area contributed by atoms with E-state index in [0.717, 1.165) is 5.56 Å². The van der Waals surface area contributed by atoms with Crippen LogP contribution in [0.3, 0.4) is 0 Å². The smallest absolute Gasteiger partial charge is 0.325 e. The van der Waals surface area contributed by atoms with Crippen molar-refractivity contribution in [2.24, 2.45) is 0 Å². The Morgan fingerprint density at radius 3 is 2.53 bits per heavy atom. The predicted octanol–water partition coefficient (Wildman–Crippen LogP) is 0.801. The second kappa shape index (κ2) is 4.42. The summed E-state index contributed by atoms with van der Waals surface area (Å²) in [6.45, 7) is 1.19. The molecule has 0 amide bonds. The van der Waals surface area contributed by atoms with Crippen LogP contribution >= 0.6 is 0 Å². The SMILES string of the molecule is O=C(O)C(NC1COC1)c1ccccc1. The summed E-state index contributed by atoms with van der Waals surface area (Å²) in [6.07, 6.45) is 0. The van der Waals surface area contributed by atoms with Crippen molar-refractivity contribution in [3.05, 3.63) is 35.9 Å². The zero-order valence-electron chi connectivity index (χ0n) is 8.22. The fourth-order valence-electron chi connectivity index (χ4n) is 1.52. The first-order valence-electron chi connectivity index (χ1n) is 4.89. The molecule has 0 spiro atoms. The highest BCUT2D eigenvalue weighted by Crippen LogP contribution is 2.15. The summed E-state index contributed by atoms with van der Waals surface area (Å²) >= 11 is 0. The maximum absolute atomic E-state index is 11.1. The minimum atomic E-state index is -0.854. The van der Waals surface area contributed by atoms with Crippen molar-refractivity contribution >= 4 is 5.97 Å². The normalized spacial score (nSPS) is 18.1. The third-order valence-electron chi connectivity index (χ3n) is 2.42. The van der Waals surface area contributed by atoms with Crippen LogP contribution in [-0.4, -0.2) is 30.3 Å². The van der Waals surface area contributed by atoms with Crippen LogP contribution in [0.15, 0.2) is 30.3 Å². The Labute approximate surface area is 87.9 Å². The summed E-state index contributed by atoms with van der Waals surface area (Å²) < 4.78 is 5.00. The van der Waals surface area contributed by atoms with E-state index in [1.807, 2.05) is 30.3 Å². The molecule has 2 N–H and O–H groups in total. The Morgan fingerprint density at radius 1 is 1.40 bits per heavy atom. The van der Waals surface area contributed by atoms with Crippen LogP contribution in [-0.2, 0) is 9.53 Å². The zero-order valence-corrected chi connectivity index (χ0v) is 8.22. The number of ether oxygens (including phenoxy) is 1. The first-order chi connectivity index (χ1) is 7.27. The van der Waals surface area contributed by atoms with Crippen LogP contribution in [0.2, 0.25) is 0 Å². The van der Waals surface area contributed by atoms with Crippen LogP contribution in [0.4, 0.5) is 0 Å². The predicted molar refractivity (Wildman–Crippen MR) is 54.6 cm³/mol. The minimum Gasteiger partial charge on any atom is -0.480 e. The molecule has 0 saturated carbocycles. The third-order valence-corrected chi connectivity index (χ3v) is 2.42. The molecule has 1 aliphatic rings. The summed E-state index contributed by atoms with van der Waals surface area (Å²) in [5.74, 6) is -0.854. The summed E-state index contributed by atoms with van der Waals surface area (Å²) in [7, 11) is 0. The summed E-state index contributed by atoms with van der Waals surface area (Å²) in [4.78, 5) is 11.1. The zero-order chi connectivity index (χ0) is 10.7. The van der Waals surface area contributed by atoms with Crippen LogP contribution in [0, 0.1) is 0 Å². The van der Waals surface area contributed by atoms with Crippen LogP contribution in [0.5, 0.6) is 0 Å². The summed E-state index contributed by atoms with van der Waals surface area (Å²) in [5.41, 5.74) is 0.775. The van der Waals surface area contributed by atoms with E-state index in [1.165, 1.54) is 0 Å². The first-order valence-corrected chi connectivity index (χ1v) is 4.89. The van der Waals surface area contributed by atoms with Crippen molar-refractivity contribution in [3.63, 3.8) is 0 Å². The summed E-state index contributed by atoms with van der Waals surface area (Å²) in [6, 6.07) is 8.69. The second-order valence-electron chi connectivity index (χ2n) is 3.58. The molecule has 15 heavy (non-hydrogen) atoms. The molecule has 1 saturated heterocycles. The van der Waals surface area contributed by atoms with Gasteiger partial charge in [-0.3, -0.25) is 10.1 Å². The lowest BCUT2D eigenvalue weighted by molar-refractivity contribution is -0.141. The van der Waals surface area contributed by atoms with Gasteiger partial charge in [-0.05, 0) is 5.56 Å². The van der Waals surface area contributed by atoms with Crippen molar-refractivity contribution in [1.82, 2.24) is 5.32 Å². The highest BCUT2D eigenvalue weighted by molar-refractivity contribution is 5.75. The molecule has 0 radical (unpaired) electrons. The van der Waals surface area contributed by atoms with Gasteiger partial charge in [0.05, 0.1) is 19.3 Å². The monoisotopic (exact) mass is 207 g/mol. The number of benzene rings is 1. The van der Waals surface area contributed by atoms with Gasteiger partial charge in [-0.2, -0.15) is 0 Å². The van der Waals surface area contributed by atoms with E-state index in [0.29, 0.717) is 13.2 Å². The van der Waals surface area contributed by atoms with E-state index in [1.54, 1.807) is 0 Å². The lowest BCUT2D eigenvalue weighted by Crippen LogP contribution is -2.49. The van der Waals surface area contributed by atoms with E-state index in [4.69, 9.17) is 9.84 Å². The van der Waals surface area contributed by atoms with Crippen molar-refractivity contribution in [2.75, 3.05) is 13.2 Å². The Bertz CT molecular complexity index is 335. The van der Waals surface area contributed by atoms with Gasteiger partial charge < -0.3 is 9.84 Å². The van der Waals surface area contributed by atoms with E-state index in [-0.39, 0.29) is 6.04 Å². The molecule has 1 fully saturated rings. The molecule has 80 valence electrons. The lowest BCUT2D eigenvalue weighted by atomic mass is 10.1. The maximum atomic E-state index is 11.1. The van der Waals surface area contributed by atoms with Gasteiger partial charge in [-0.15, -0.1) is 0 Å². The summed E-state index contributed by atoms with van der Waals surface area (Å²) in [5, 5.41) is 12.1. The number of carbonyl (C=O) groups is 1. The van der Waals surface area contributed by atoms with Gasteiger partial charge in [0, 0.05) is 0 Å². The molecular weight excluding hydrogens is 194 g/mol. The van der Waals surface area contributed by atoms with E-state index in [2.05, 4.69) is 5.32 Å². The Morgan fingerprint density at radius 2 is 2.07 bits per heavy atom. The van der Waals surface area contributed by atoms with Crippen LogP contribution in [0.25, 0.3) is 0 Å². The number of carboxylic acids is 1. The fraction of sp³-hybridized carbons (Fsp3) is 0.364. The molecule has 1 aliphatic heterocycles. The highest BCUT2D eigenvalue weighted by atomic mass is 16.5. The number of hydrogen-bond acceptors (Lipinski definition) is 3. The van der Waals surface area contributed by atoms with E-state index in [9.17, 15) is 4.79 Å². The minimum absolute atomic E-state index is 0.159. The molecular formula is C11H13NO3. The van der Waals surface area contributed by atoms with Crippen molar-refractivity contribution in [3.8, 4) is 0 Å². The molecule has 4 heteroatoms. The standard InChI is InChI=1S/C11H13NO3/c13-11(14)10(12-9-6-15-7-9)8-4-2-1-3-5-8/h1-5,9-10,12H,6-7H2,(H,13,14). The van der Waals surface area contributed by atoms with E-state index < -0.39 is 12.0 Å².